The molecule has 0 N–H and O–H groups in total. The van der Waals surface area contributed by atoms with Crippen LogP contribution in [0.2, 0.25) is 0 Å². The van der Waals surface area contributed by atoms with Gasteiger partial charge in [-0.1, -0.05) is 73.9 Å². The second-order valence-corrected chi connectivity index (χ2v) is 11.3. The average Bonchev–Trinajstić information content (AvgIpc) is 2.99. The van der Waals surface area contributed by atoms with E-state index in [0.29, 0.717) is 29.0 Å². The van der Waals surface area contributed by atoms with Gasteiger partial charge in [0.15, 0.2) is 17.3 Å². The Morgan fingerprint density at radius 2 is 1.68 bits per heavy atom. The molecule has 0 spiro atoms. The SMILES string of the molecule is O=C(CCN1CCC2CCCCC2C1)c1ccc(/C=C2\Oc3ccccc3N(Cc3ccccc3F)C2=O)cc1. The summed E-state index contributed by atoms with van der Waals surface area (Å²) in [6.07, 6.45) is 8.91. The zero-order chi connectivity index (χ0) is 27.5. The van der Waals surface area contributed by atoms with Crippen LogP contribution in [0.15, 0.2) is 78.6 Å². The van der Waals surface area contributed by atoms with Gasteiger partial charge in [-0.2, -0.15) is 0 Å². The fraction of sp³-hybridized carbons (Fsp3) is 0.353. The molecule has 2 aliphatic heterocycles. The lowest BCUT2D eigenvalue weighted by atomic mass is 9.75. The van der Waals surface area contributed by atoms with Crippen molar-refractivity contribution < 1.29 is 18.7 Å². The van der Waals surface area contributed by atoms with E-state index in [9.17, 15) is 14.0 Å². The van der Waals surface area contributed by atoms with Gasteiger partial charge in [-0.25, -0.2) is 4.39 Å². The minimum absolute atomic E-state index is 0.0923. The number of anilines is 1. The minimum atomic E-state index is -0.358. The van der Waals surface area contributed by atoms with Crippen molar-refractivity contribution in [2.24, 2.45) is 11.8 Å². The van der Waals surface area contributed by atoms with Gasteiger partial charge >= 0.3 is 0 Å². The van der Waals surface area contributed by atoms with E-state index in [1.165, 1.54) is 43.1 Å². The summed E-state index contributed by atoms with van der Waals surface area (Å²) < 4.78 is 20.4. The van der Waals surface area contributed by atoms with Crippen LogP contribution in [-0.4, -0.2) is 36.2 Å². The number of fused-ring (bicyclic) bond motifs is 2. The maximum atomic E-state index is 14.4. The Hall–Kier alpha value is -3.77. The van der Waals surface area contributed by atoms with Crippen molar-refractivity contribution in [3.63, 3.8) is 0 Å². The molecule has 1 amide bonds. The number of ketones is 1. The van der Waals surface area contributed by atoms with Crippen LogP contribution < -0.4 is 9.64 Å². The molecular weight excluding hydrogens is 503 g/mol. The van der Waals surface area contributed by atoms with E-state index in [1.54, 1.807) is 36.4 Å². The summed E-state index contributed by atoms with van der Waals surface area (Å²) in [5.41, 5.74) is 2.46. The monoisotopic (exact) mass is 538 g/mol. The molecule has 2 fully saturated rings. The third-order valence-corrected chi connectivity index (χ3v) is 8.68. The number of rotatable bonds is 7. The number of halogens is 1. The summed E-state index contributed by atoms with van der Waals surface area (Å²) in [7, 11) is 0. The molecule has 0 aromatic heterocycles. The maximum absolute atomic E-state index is 14.4. The lowest BCUT2D eigenvalue weighted by Gasteiger charge is -2.41. The summed E-state index contributed by atoms with van der Waals surface area (Å²) in [6, 6.07) is 21.0. The first-order chi connectivity index (χ1) is 19.5. The number of piperidine rings is 1. The molecule has 3 aliphatic rings. The van der Waals surface area contributed by atoms with Crippen LogP contribution in [0.4, 0.5) is 10.1 Å². The standard InChI is InChI=1S/C34H35FN2O3/c35-29-10-4-3-9-28(29)23-37-30-11-5-6-12-32(30)40-33(34(37)39)21-24-13-15-26(16-14-24)31(38)18-20-36-19-17-25-7-1-2-8-27(25)22-36/h3-6,9-16,21,25,27H,1-2,7-8,17-20,22-23H2/b33-21-. The first-order valence-electron chi connectivity index (χ1n) is 14.4. The Bertz CT molecular complexity index is 1420. The van der Waals surface area contributed by atoms with Crippen molar-refractivity contribution >= 4 is 23.5 Å². The number of carbonyl (C=O) groups is 2. The van der Waals surface area contributed by atoms with Crippen molar-refractivity contribution in [3.05, 3.63) is 101 Å². The van der Waals surface area contributed by atoms with Crippen LogP contribution in [0, 0.1) is 17.7 Å². The quantitative estimate of drug-likeness (QED) is 0.243. The zero-order valence-corrected chi connectivity index (χ0v) is 22.7. The second-order valence-electron chi connectivity index (χ2n) is 11.3. The van der Waals surface area contributed by atoms with Gasteiger partial charge < -0.3 is 9.64 Å². The zero-order valence-electron chi connectivity index (χ0n) is 22.7. The van der Waals surface area contributed by atoms with E-state index in [0.717, 1.165) is 37.0 Å². The van der Waals surface area contributed by atoms with Crippen LogP contribution >= 0.6 is 0 Å². The van der Waals surface area contributed by atoms with E-state index < -0.39 is 0 Å². The fourth-order valence-electron chi connectivity index (χ4n) is 6.42. The Labute approximate surface area is 235 Å². The van der Waals surface area contributed by atoms with Gasteiger partial charge in [0.05, 0.1) is 12.2 Å². The van der Waals surface area contributed by atoms with Crippen molar-refractivity contribution in [2.75, 3.05) is 24.5 Å². The number of hydrogen-bond acceptors (Lipinski definition) is 4. The number of amides is 1. The van der Waals surface area contributed by atoms with Gasteiger partial charge in [0.25, 0.3) is 5.91 Å². The largest absolute Gasteiger partial charge is 0.449 e. The summed E-state index contributed by atoms with van der Waals surface area (Å²) in [5.74, 6) is 1.83. The Kier molecular flexibility index (Phi) is 7.78. The number of nitrogens with zero attached hydrogens (tertiary/aromatic N) is 2. The van der Waals surface area contributed by atoms with Crippen LogP contribution in [0.25, 0.3) is 6.08 Å². The lowest BCUT2D eigenvalue weighted by molar-refractivity contribution is -0.117. The number of Topliss-reactive ketones (excluding diaryl/α,β-unsaturated/α-hetero) is 1. The molecule has 3 aromatic rings. The molecule has 1 saturated heterocycles. The highest BCUT2D eigenvalue weighted by atomic mass is 19.1. The maximum Gasteiger partial charge on any atom is 0.294 e. The van der Waals surface area contributed by atoms with E-state index in [2.05, 4.69) is 4.90 Å². The number of ether oxygens (including phenoxy) is 1. The number of likely N-dealkylation sites (tertiary alicyclic amines) is 1. The first kappa shape index (κ1) is 26.5. The third kappa shape index (κ3) is 5.73. The van der Waals surface area contributed by atoms with Crippen LogP contribution in [0.5, 0.6) is 5.75 Å². The Balaban J connectivity index is 1.12. The fourth-order valence-corrected chi connectivity index (χ4v) is 6.42. The smallest absolute Gasteiger partial charge is 0.294 e. The molecule has 0 bridgehead atoms. The molecule has 40 heavy (non-hydrogen) atoms. The molecule has 3 aromatic carbocycles. The van der Waals surface area contributed by atoms with Gasteiger partial charge in [-0.05, 0) is 61.1 Å². The van der Waals surface area contributed by atoms with Gasteiger partial charge in [0.1, 0.15) is 5.82 Å². The third-order valence-electron chi connectivity index (χ3n) is 8.68. The van der Waals surface area contributed by atoms with Crippen molar-refractivity contribution in [3.8, 4) is 5.75 Å². The number of hydrogen-bond donors (Lipinski definition) is 0. The highest BCUT2D eigenvalue weighted by Gasteiger charge is 2.32. The van der Waals surface area contributed by atoms with E-state index >= 15 is 0 Å². The van der Waals surface area contributed by atoms with E-state index in [4.69, 9.17) is 4.74 Å². The van der Waals surface area contributed by atoms with Gasteiger partial charge in [0, 0.05) is 30.6 Å². The molecule has 2 heterocycles. The van der Waals surface area contributed by atoms with Crippen molar-refractivity contribution in [1.29, 1.82) is 0 Å². The molecule has 2 atom stereocenters. The van der Waals surface area contributed by atoms with E-state index in [1.807, 2.05) is 36.4 Å². The predicted molar refractivity (Wildman–Crippen MR) is 155 cm³/mol. The van der Waals surface area contributed by atoms with Gasteiger partial charge in [0.2, 0.25) is 0 Å². The van der Waals surface area contributed by atoms with Crippen LogP contribution in [0.3, 0.4) is 0 Å². The number of benzene rings is 3. The molecule has 5 nitrogen and oxygen atoms in total. The summed E-state index contributed by atoms with van der Waals surface area (Å²) in [4.78, 5) is 30.4. The Morgan fingerprint density at radius 3 is 2.50 bits per heavy atom. The highest BCUT2D eigenvalue weighted by molar-refractivity contribution is 6.09. The van der Waals surface area contributed by atoms with Gasteiger partial charge in [-0.3, -0.25) is 14.5 Å². The molecule has 206 valence electrons. The van der Waals surface area contributed by atoms with Crippen molar-refractivity contribution in [2.45, 2.75) is 45.1 Å². The first-order valence-corrected chi connectivity index (χ1v) is 14.4. The molecular formula is C34H35FN2O3. The molecule has 1 aliphatic carbocycles. The number of para-hydroxylation sites is 2. The molecule has 6 rings (SSSR count). The van der Waals surface area contributed by atoms with Gasteiger partial charge in [-0.15, -0.1) is 0 Å². The molecule has 6 heteroatoms. The molecule has 2 unspecified atom stereocenters. The minimum Gasteiger partial charge on any atom is -0.449 e. The summed E-state index contributed by atoms with van der Waals surface area (Å²) >= 11 is 0. The lowest BCUT2D eigenvalue weighted by Crippen LogP contribution is -2.42. The summed E-state index contributed by atoms with van der Waals surface area (Å²) in [6.45, 7) is 3.14. The van der Waals surface area contributed by atoms with Crippen molar-refractivity contribution in [1.82, 2.24) is 4.90 Å². The highest BCUT2D eigenvalue weighted by Crippen LogP contribution is 2.37. The molecule has 0 radical (unpaired) electrons. The Morgan fingerprint density at radius 1 is 0.925 bits per heavy atom. The topological polar surface area (TPSA) is 49.9 Å². The summed E-state index contributed by atoms with van der Waals surface area (Å²) in [5, 5.41) is 0. The predicted octanol–water partition coefficient (Wildman–Crippen LogP) is 6.88. The number of carbonyl (C=O) groups excluding carboxylic acids is 2. The van der Waals surface area contributed by atoms with E-state index in [-0.39, 0.29) is 29.8 Å². The molecule has 1 saturated carbocycles. The average molecular weight is 539 g/mol. The second kappa shape index (κ2) is 11.8. The van der Waals surface area contributed by atoms with Crippen LogP contribution in [-0.2, 0) is 11.3 Å². The van der Waals surface area contributed by atoms with Crippen LogP contribution in [0.1, 0.15) is 60.0 Å². The normalized spacial score (nSPS) is 22.0.